The van der Waals surface area contributed by atoms with Crippen LogP contribution in [0.25, 0.3) is 10.6 Å². The van der Waals surface area contributed by atoms with Gasteiger partial charge in [0, 0.05) is 17.1 Å². The number of aromatic nitrogens is 2. The maximum atomic E-state index is 5.97. The van der Waals surface area contributed by atoms with E-state index in [1.54, 1.807) is 29.7 Å². The summed E-state index contributed by atoms with van der Waals surface area (Å²) in [6, 6.07) is 9.35. The zero-order valence-electron chi connectivity index (χ0n) is 11.9. The highest BCUT2D eigenvalue weighted by Gasteiger charge is 2.15. The Hall–Kier alpha value is -2.31. The third-order valence-corrected chi connectivity index (χ3v) is 4.50. The maximum absolute atomic E-state index is 5.97. The van der Waals surface area contributed by atoms with E-state index in [2.05, 4.69) is 9.97 Å². The molecule has 1 aliphatic heterocycles. The van der Waals surface area contributed by atoms with Crippen molar-refractivity contribution in [3.05, 3.63) is 52.8 Å². The molecule has 0 saturated carbocycles. The van der Waals surface area contributed by atoms with E-state index in [1.165, 1.54) is 0 Å². The highest BCUT2D eigenvalue weighted by molar-refractivity contribution is 7.13. The van der Waals surface area contributed by atoms with Crippen LogP contribution in [0.15, 0.2) is 41.9 Å². The van der Waals surface area contributed by atoms with E-state index in [1.807, 2.05) is 23.6 Å². The van der Waals surface area contributed by atoms with Crippen LogP contribution in [0.4, 0.5) is 0 Å². The van der Waals surface area contributed by atoms with Gasteiger partial charge in [-0.1, -0.05) is 11.6 Å². The molecular weight excluding hydrogens is 336 g/mol. The highest BCUT2D eigenvalue weighted by Crippen LogP contribution is 2.36. The predicted molar refractivity (Wildman–Crippen MR) is 87.3 cm³/mol. The fourth-order valence-electron chi connectivity index (χ4n) is 2.17. The smallest absolute Gasteiger partial charge is 0.231 e. The van der Waals surface area contributed by atoms with Gasteiger partial charge in [0.05, 0.1) is 5.69 Å². The van der Waals surface area contributed by atoms with Crippen molar-refractivity contribution in [3.63, 3.8) is 0 Å². The normalized spacial score (nSPS) is 12.4. The van der Waals surface area contributed by atoms with Crippen LogP contribution in [0.5, 0.6) is 17.2 Å². The molecule has 0 fully saturated rings. The molecule has 2 aromatic heterocycles. The van der Waals surface area contributed by atoms with E-state index >= 15 is 0 Å². The molecule has 1 aromatic carbocycles. The van der Waals surface area contributed by atoms with Gasteiger partial charge >= 0.3 is 0 Å². The standard InChI is InChI=1S/C16H11ClN2O3S/c17-15-13(2-1-5-18-15)20-7-11-8-23-16(19-11)10-3-4-12-14(6-10)22-9-21-12/h1-6,8H,7,9H2. The van der Waals surface area contributed by atoms with Gasteiger partial charge in [-0.25, -0.2) is 9.97 Å². The first-order valence-electron chi connectivity index (χ1n) is 6.87. The van der Waals surface area contributed by atoms with Gasteiger partial charge in [-0.15, -0.1) is 11.3 Å². The van der Waals surface area contributed by atoms with Crippen molar-refractivity contribution in [1.82, 2.24) is 9.97 Å². The van der Waals surface area contributed by atoms with E-state index in [0.717, 1.165) is 27.8 Å². The Balaban J connectivity index is 1.50. The summed E-state index contributed by atoms with van der Waals surface area (Å²) in [6.07, 6.45) is 1.62. The average Bonchev–Trinajstić information content (AvgIpc) is 3.22. The summed E-state index contributed by atoms with van der Waals surface area (Å²) in [6.45, 7) is 0.605. The molecule has 3 aromatic rings. The summed E-state index contributed by atoms with van der Waals surface area (Å²) in [5, 5.41) is 3.21. The quantitative estimate of drug-likeness (QED) is 0.664. The molecule has 0 amide bonds. The van der Waals surface area contributed by atoms with E-state index in [0.29, 0.717) is 17.5 Å². The zero-order valence-corrected chi connectivity index (χ0v) is 13.4. The van der Waals surface area contributed by atoms with Crippen molar-refractivity contribution in [2.45, 2.75) is 6.61 Å². The van der Waals surface area contributed by atoms with Crippen LogP contribution in [-0.2, 0) is 6.61 Å². The Labute approximate surface area is 141 Å². The van der Waals surface area contributed by atoms with Crippen LogP contribution in [0.2, 0.25) is 5.15 Å². The minimum atomic E-state index is 0.265. The minimum absolute atomic E-state index is 0.265. The van der Waals surface area contributed by atoms with Gasteiger partial charge in [-0.2, -0.15) is 0 Å². The second-order valence-corrected chi connectivity index (χ2v) is 6.01. The maximum Gasteiger partial charge on any atom is 0.231 e. The van der Waals surface area contributed by atoms with Crippen LogP contribution in [0.1, 0.15) is 5.69 Å². The fraction of sp³-hybridized carbons (Fsp3) is 0.125. The summed E-state index contributed by atoms with van der Waals surface area (Å²) in [7, 11) is 0. The number of hydrogen-bond acceptors (Lipinski definition) is 6. The highest BCUT2D eigenvalue weighted by atomic mass is 35.5. The lowest BCUT2D eigenvalue weighted by Crippen LogP contribution is -1.96. The minimum Gasteiger partial charge on any atom is -0.484 e. The molecule has 4 rings (SSSR count). The molecule has 0 spiro atoms. The molecule has 116 valence electrons. The molecule has 0 atom stereocenters. The fourth-order valence-corrected chi connectivity index (χ4v) is 3.14. The number of rotatable bonds is 4. The number of ether oxygens (including phenoxy) is 3. The van der Waals surface area contributed by atoms with E-state index in [-0.39, 0.29) is 6.79 Å². The third-order valence-electron chi connectivity index (χ3n) is 3.27. The van der Waals surface area contributed by atoms with Gasteiger partial charge in [0.1, 0.15) is 11.6 Å². The monoisotopic (exact) mass is 346 g/mol. The molecule has 0 bridgehead atoms. The molecule has 5 nitrogen and oxygen atoms in total. The lowest BCUT2D eigenvalue weighted by molar-refractivity contribution is 0.174. The van der Waals surface area contributed by atoms with Crippen LogP contribution >= 0.6 is 22.9 Å². The molecule has 23 heavy (non-hydrogen) atoms. The van der Waals surface area contributed by atoms with Crippen molar-refractivity contribution >= 4 is 22.9 Å². The molecule has 0 aliphatic carbocycles. The number of nitrogens with zero attached hydrogens (tertiary/aromatic N) is 2. The number of halogens is 1. The van der Waals surface area contributed by atoms with Crippen LogP contribution < -0.4 is 14.2 Å². The Morgan fingerprint density at radius 3 is 3.04 bits per heavy atom. The van der Waals surface area contributed by atoms with Crippen LogP contribution in [0.3, 0.4) is 0 Å². The number of hydrogen-bond donors (Lipinski definition) is 0. The second kappa shape index (κ2) is 6.06. The van der Waals surface area contributed by atoms with Crippen molar-refractivity contribution in [2.24, 2.45) is 0 Å². The molecule has 1 aliphatic rings. The summed E-state index contributed by atoms with van der Waals surface area (Å²) in [5.74, 6) is 2.06. The SMILES string of the molecule is Clc1ncccc1OCc1csc(-c2ccc3c(c2)OCO3)n1. The summed E-state index contributed by atoms with van der Waals surface area (Å²) < 4.78 is 16.4. The summed E-state index contributed by atoms with van der Waals surface area (Å²) in [5.41, 5.74) is 1.83. The largest absolute Gasteiger partial charge is 0.484 e. The molecule has 7 heteroatoms. The van der Waals surface area contributed by atoms with Gasteiger partial charge in [-0.3, -0.25) is 0 Å². The first kappa shape index (κ1) is 14.3. The first-order valence-corrected chi connectivity index (χ1v) is 8.13. The van der Waals surface area contributed by atoms with Crippen molar-refractivity contribution in [3.8, 4) is 27.8 Å². The van der Waals surface area contributed by atoms with Crippen molar-refractivity contribution in [1.29, 1.82) is 0 Å². The van der Waals surface area contributed by atoms with E-state index in [4.69, 9.17) is 25.8 Å². The number of fused-ring (bicyclic) bond motifs is 1. The Morgan fingerprint density at radius 1 is 1.22 bits per heavy atom. The van der Waals surface area contributed by atoms with Gasteiger partial charge in [0.2, 0.25) is 6.79 Å². The number of pyridine rings is 1. The zero-order chi connectivity index (χ0) is 15.6. The molecule has 0 radical (unpaired) electrons. The topological polar surface area (TPSA) is 53.5 Å². The average molecular weight is 347 g/mol. The Kier molecular flexibility index (Phi) is 3.77. The first-order chi connectivity index (χ1) is 11.3. The molecule has 0 N–H and O–H groups in total. The lowest BCUT2D eigenvalue weighted by atomic mass is 10.2. The summed E-state index contributed by atoms with van der Waals surface area (Å²) >= 11 is 7.52. The van der Waals surface area contributed by atoms with Crippen LogP contribution in [0, 0.1) is 0 Å². The molecule has 0 unspecified atom stereocenters. The summed E-state index contributed by atoms with van der Waals surface area (Å²) in [4.78, 5) is 8.56. The van der Waals surface area contributed by atoms with E-state index < -0.39 is 0 Å². The van der Waals surface area contributed by atoms with Crippen molar-refractivity contribution < 1.29 is 14.2 Å². The van der Waals surface area contributed by atoms with Gasteiger partial charge in [0.25, 0.3) is 0 Å². The third kappa shape index (κ3) is 2.95. The second-order valence-electron chi connectivity index (χ2n) is 4.79. The van der Waals surface area contributed by atoms with Gasteiger partial charge in [-0.05, 0) is 30.3 Å². The van der Waals surface area contributed by atoms with Crippen molar-refractivity contribution in [2.75, 3.05) is 6.79 Å². The van der Waals surface area contributed by atoms with Crippen LogP contribution in [-0.4, -0.2) is 16.8 Å². The molecule has 3 heterocycles. The Morgan fingerprint density at radius 2 is 2.13 bits per heavy atom. The number of thiazole rings is 1. The number of benzene rings is 1. The molecular formula is C16H11ClN2O3S. The predicted octanol–water partition coefficient (Wildman–Crippen LogP) is 4.17. The van der Waals surface area contributed by atoms with Gasteiger partial charge < -0.3 is 14.2 Å². The van der Waals surface area contributed by atoms with Gasteiger partial charge in [0.15, 0.2) is 22.4 Å². The Bertz CT molecular complexity index is 853. The lowest BCUT2D eigenvalue weighted by Gasteiger charge is -2.04. The van der Waals surface area contributed by atoms with E-state index in [9.17, 15) is 0 Å². The molecule has 0 saturated heterocycles.